The number of thioether (sulfide) groups is 1. The fourth-order valence-electron chi connectivity index (χ4n) is 2.76. The first kappa shape index (κ1) is 10.7. The van der Waals surface area contributed by atoms with Gasteiger partial charge in [0.25, 0.3) is 0 Å². The smallest absolute Gasteiger partial charge is 0.0158 e. The van der Waals surface area contributed by atoms with Crippen LogP contribution in [0, 0.1) is 0 Å². The summed E-state index contributed by atoms with van der Waals surface area (Å²) >= 11 is 2.10. The van der Waals surface area contributed by atoms with Gasteiger partial charge in [-0.15, -0.1) is 0 Å². The van der Waals surface area contributed by atoms with E-state index in [4.69, 9.17) is 0 Å². The summed E-state index contributed by atoms with van der Waals surface area (Å²) in [4.78, 5) is 0. The maximum Gasteiger partial charge on any atom is 0.0158 e. The Morgan fingerprint density at radius 3 is 3.06 bits per heavy atom. The third kappa shape index (κ3) is 2.14. The number of benzene rings is 1. The molecule has 2 aliphatic rings. The second-order valence-electron chi connectivity index (χ2n) is 4.92. The Bertz CT molecular complexity index is 358. The fraction of sp³-hybridized carbons (Fsp3) is 0.571. The summed E-state index contributed by atoms with van der Waals surface area (Å²) in [6.07, 6.45) is 4.05. The third-order valence-electron chi connectivity index (χ3n) is 3.77. The molecular formula is C14H19NS. The summed E-state index contributed by atoms with van der Waals surface area (Å²) < 4.78 is 0. The van der Waals surface area contributed by atoms with Crippen molar-refractivity contribution in [3.63, 3.8) is 0 Å². The largest absolute Gasteiger partial charge is 0.313 e. The van der Waals surface area contributed by atoms with Gasteiger partial charge in [0.2, 0.25) is 0 Å². The van der Waals surface area contributed by atoms with E-state index < -0.39 is 0 Å². The monoisotopic (exact) mass is 233 g/mol. The van der Waals surface area contributed by atoms with Crippen molar-refractivity contribution in [3.05, 3.63) is 35.4 Å². The molecule has 1 aliphatic heterocycles. The molecular weight excluding hydrogens is 214 g/mol. The van der Waals surface area contributed by atoms with Gasteiger partial charge in [0.1, 0.15) is 0 Å². The van der Waals surface area contributed by atoms with Crippen LogP contribution < -0.4 is 5.32 Å². The minimum Gasteiger partial charge on any atom is -0.313 e. The van der Waals surface area contributed by atoms with E-state index in [2.05, 4.69) is 41.3 Å². The summed E-state index contributed by atoms with van der Waals surface area (Å²) in [7, 11) is 0. The van der Waals surface area contributed by atoms with Crippen LogP contribution in [0.2, 0.25) is 0 Å². The Balaban J connectivity index is 1.50. The third-order valence-corrected chi connectivity index (χ3v) is 4.99. The van der Waals surface area contributed by atoms with Crippen molar-refractivity contribution < 1.29 is 0 Å². The molecule has 1 saturated heterocycles. The highest BCUT2D eigenvalue weighted by Crippen LogP contribution is 2.34. The average molecular weight is 233 g/mol. The molecule has 0 saturated carbocycles. The first-order valence-electron chi connectivity index (χ1n) is 6.32. The van der Waals surface area contributed by atoms with E-state index in [-0.39, 0.29) is 0 Å². The fourth-order valence-corrected chi connectivity index (χ4v) is 3.86. The van der Waals surface area contributed by atoms with Crippen molar-refractivity contribution >= 4 is 11.8 Å². The van der Waals surface area contributed by atoms with Gasteiger partial charge >= 0.3 is 0 Å². The Morgan fingerprint density at radius 1 is 1.31 bits per heavy atom. The van der Waals surface area contributed by atoms with Gasteiger partial charge in [0.05, 0.1) is 0 Å². The predicted molar refractivity (Wildman–Crippen MR) is 71.2 cm³/mol. The SMILES string of the molecule is c1ccc2c(c1)CC2CNC1CCCSC1. The lowest BCUT2D eigenvalue weighted by molar-refractivity contribution is 0.458. The molecule has 86 valence electrons. The van der Waals surface area contributed by atoms with Crippen molar-refractivity contribution in [1.82, 2.24) is 5.32 Å². The molecule has 2 unspecified atom stereocenters. The highest BCUT2D eigenvalue weighted by Gasteiger charge is 2.25. The molecule has 3 rings (SSSR count). The van der Waals surface area contributed by atoms with Crippen LogP contribution in [0.25, 0.3) is 0 Å². The Hall–Kier alpha value is -0.470. The second-order valence-corrected chi connectivity index (χ2v) is 6.07. The molecule has 0 aromatic heterocycles. The lowest BCUT2D eigenvalue weighted by Crippen LogP contribution is -2.38. The van der Waals surface area contributed by atoms with Crippen molar-refractivity contribution in [3.8, 4) is 0 Å². The topological polar surface area (TPSA) is 12.0 Å². The molecule has 1 aliphatic carbocycles. The van der Waals surface area contributed by atoms with Gasteiger partial charge in [-0.1, -0.05) is 24.3 Å². The van der Waals surface area contributed by atoms with Crippen molar-refractivity contribution in [2.45, 2.75) is 31.2 Å². The summed E-state index contributed by atoms with van der Waals surface area (Å²) in [5.41, 5.74) is 3.14. The maximum absolute atomic E-state index is 3.74. The number of hydrogen-bond donors (Lipinski definition) is 1. The summed E-state index contributed by atoms with van der Waals surface area (Å²) in [5, 5.41) is 3.74. The molecule has 1 aromatic carbocycles. The maximum atomic E-state index is 3.74. The summed E-state index contributed by atoms with van der Waals surface area (Å²) in [6, 6.07) is 9.65. The molecule has 2 heteroatoms. The minimum absolute atomic E-state index is 0.770. The van der Waals surface area contributed by atoms with E-state index in [1.54, 1.807) is 11.1 Å². The zero-order valence-electron chi connectivity index (χ0n) is 9.61. The Kier molecular flexibility index (Phi) is 3.20. The average Bonchev–Trinajstić information content (AvgIpc) is 2.32. The highest BCUT2D eigenvalue weighted by molar-refractivity contribution is 7.99. The summed E-state index contributed by atoms with van der Waals surface area (Å²) in [6.45, 7) is 1.18. The quantitative estimate of drug-likeness (QED) is 0.861. The minimum atomic E-state index is 0.770. The molecule has 0 spiro atoms. The normalized spacial score (nSPS) is 28.2. The van der Waals surface area contributed by atoms with E-state index in [1.807, 2.05) is 0 Å². The van der Waals surface area contributed by atoms with Crippen LogP contribution in [-0.2, 0) is 6.42 Å². The number of nitrogens with one attached hydrogen (secondary N) is 1. The van der Waals surface area contributed by atoms with Gasteiger partial charge in [-0.3, -0.25) is 0 Å². The molecule has 0 bridgehead atoms. The zero-order chi connectivity index (χ0) is 10.8. The van der Waals surface area contributed by atoms with Crippen LogP contribution in [0.4, 0.5) is 0 Å². The number of fused-ring (bicyclic) bond motifs is 1. The molecule has 1 nitrogen and oxygen atoms in total. The first-order chi connectivity index (χ1) is 7.93. The Labute approximate surface area is 102 Å². The van der Waals surface area contributed by atoms with Crippen LogP contribution in [0.15, 0.2) is 24.3 Å². The lowest BCUT2D eigenvalue weighted by Gasteiger charge is -2.32. The second kappa shape index (κ2) is 4.80. The molecule has 2 atom stereocenters. The van der Waals surface area contributed by atoms with Crippen molar-refractivity contribution in [2.24, 2.45) is 0 Å². The van der Waals surface area contributed by atoms with E-state index in [0.29, 0.717) is 0 Å². The van der Waals surface area contributed by atoms with Gasteiger partial charge in [-0.2, -0.15) is 11.8 Å². The molecule has 1 fully saturated rings. The highest BCUT2D eigenvalue weighted by atomic mass is 32.2. The molecule has 1 aromatic rings. The predicted octanol–water partition coefficient (Wildman–Crippen LogP) is 2.81. The van der Waals surface area contributed by atoms with Crippen LogP contribution in [-0.4, -0.2) is 24.1 Å². The molecule has 1 heterocycles. The van der Waals surface area contributed by atoms with Crippen LogP contribution in [0.1, 0.15) is 29.9 Å². The van der Waals surface area contributed by atoms with Gasteiger partial charge < -0.3 is 5.32 Å². The lowest BCUT2D eigenvalue weighted by atomic mass is 9.77. The number of rotatable bonds is 3. The van der Waals surface area contributed by atoms with Gasteiger partial charge in [0, 0.05) is 24.3 Å². The van der Waals surface area contributed by atoms with E-state index >= 15 is 0 Å². The Morgan fingerprint density at radius 2 is 2.25 bits per heavy atom. The molecule has 0 amide bonds. The van der Waals surface area contributed by atoms with E-state index in [9.17, 15) is 0 Å². The van der Waals surface area contributed by atoms with Gasteiger partial charge in [-0.25, -0.2) is 0 Å². The van der Waals surface area contributed by atoms with Crippen molar-refractivity contribution in [2.75, 3.05) is 18.1 Å². The zero-order valence-corrected chi connectivity index (χ0v) is 10.4. The molecule has 0 radical (unpaired) electrons. The van der Waals surface area contributed by atoms with Crippen LogP contribution in [0.5, 0.6) is 0 Å². The van der Waals surface area contributed by atoms with E-state index in [0.717, 1.165) is 12.0 Å². The molecule has 1 N–H and O–H groups in total. The first-order valence-corrected chi connectivity index (χ1v) is 7.48. The molecule has 16 heavy (non-hydrogen) atoms. The van der Waals surface area contributed by atoms with E-state index in [1.165, 1.54) is 37.3 Å². The number of hydrogen-bond acceptors (Lipinski definition) is 2. The van der Waals surface area contributed by atoms with Gasteiger partial charge in [-0.05, 0) is 36.1 Å². The standard InChI is InChI=1S/C14H19NS/c1-2-6-14-11(4-1)8-12(14)9-15-13-5-3-7-16-10-13/h1-2,4,6,12-13,15H,3,5,7-10H2. The van der Waals surface area contributed by atoms with Crippen LogP contribution >= 0.6 is 11.8 Å². The van der Waals surface area contributed by atoms with Crippen LogP contribution in [0.3, 0.4) is 0 Å². The summed E-state index contributed by atoms with van der Waals surface area (Å²) in [5.74, 6) is 3.46. The van der Waals surface area contributed by atoms with Gasteiger partial charge in [0.15, 0.2) is 0 Å². The van der Waals surface area contributed by atoms with Crippen molar-refractivity contribution in [1.29, 1.82) is 0 Å².